The second-order valence-corrected chi connectivity index (χ2v) is 8.48. The van der Waals surface area contributed by atoms with Gasteiger partial charge in [-0.3, -0.25) is 0 Å². The van der Waals surface area contributed by atoms with Crippen LogP contribution in [-0.2, 0) is 10.0 Å². The van der Waals surface area contributed by atoms with E-state index in [0.29, 0.717) is 30.3 Å². The first kappa shape index (κ1) is 17.9. The second kappa shape index (κ2) is 7.28. The quantitative estimate of drug-likeness (QED) is 0.674. The fraction of sp³-hybridized carbons (Fsp3) is 0.368. The van der Waals surface area contributed by atoms with E-state index in [0.717, 1.165) is 24.0 Å². The molecular formula is C19H22N4O3S. The molecule has 1 saturated heterocycles. The highest BCUT2D eigenvalue weighted by atomic mass is 32.2. The van der Waals surface area contributed by atoms with Gasteiger partial charge in [0.15, 0.2) is 5.65 Å². The van der Waals surface area contributed by atoms with Crippen LogP contribution in [0.4, 0.5) is 0 Å². The van der Waals surface area contributed by atoms with Crippen LogP contribution < -0.4 is 4.74 Å². The molecule has 1 aliphatic rings. The topological polar surface area (TPSA) is 77.3 Å². The molecule has 0 spiro atoms. The molecule has 7 nitrogen and oxygen atoms in total. The van der Waals surface area contributed by atoms with E-state index in [1.165, 1.54) is 0 Å². The molecule has 0 bridgehead atoms. The molecule has 3 heterocycles. The Balaban J connectivity index is 1.48. The van der Waals surface area contributed by atoms with Crippen molar-refractivity contribution in [2.24, 2.45) is 0 Å². The SMILES string of the molecule is CCOc1ccc(S(=O)(=O)N2CCC(n3cnc4cccnc43)CC2)cc1. The van der Waals surface area contributed by atoms with Gasteiger partial charge in [0.25, 0.3) is 0 Å². The summed E-state index contributed by atoms with van der Waals surface area (Å²) in [7, 11) is -3.49. The minimum absolute atomic E-state index is 0.205. The number of fused-ring (bicyclic) bond motifs is 1. The number of ether oxygens (including phenoxy) is 1. The summed E-state index contributed by atoms with van der Waals surface area (Å²) in [6, 6.07) is 10.6. The Morgan fingerprint density at radius 3 is 2.56 bits per heavy atom. The van der Waals surface area contributed by atoms with Gasteiger partial charge in [-0.05, 0) is 56.2 Å². The molecular weight excluding hydrogens is 364 g/mol. The van der Waals surface area contributed by atoms with E-state index in [2.05, 4.69) is 14.5 Å². The van der Waals surface area contributed by atoms with Crippen LogP contribution >= 0.6 is 0 Å². The maximum Gasteiger partial charge on any atom is 0.243 e. The van der Waals surface area contributed by atoms with Gasteiger partial charge in [-0.15, -0.1) is 0 Å². The largest absolute Gasteiger partial charge is 0.494 e. The normalized spacial score (nSPS) is 16.6. The summed E-state index contributed by atoms with van der Waals surface area (Å²) < 4.78 is 34.8. The average molecular weight is 386 g/mol. The van der Waals surface area contributed by atoms with Crippen molar-refractivity contribution in [3.05, 3.63) is 48.9 Å². The molecule has 0 amide bonds. The maximum absolute atomic E-state index is 12.9. The van der Waals surface area contributed by atoms with Crippen LogP contribution in [0.1, 0.15) is 25.8 Å². The van der Waals surface area contributed by atoms with E-state index in [1.54, 1.807) is 41.1 Å². The van der Waals surface area contributed by atoms with Crippen LogP contribution in [0, 0.1) is 0 Å². The number of hydrogen-bond donors (Lipinski definition) is 0. The summed E-state index contributed by atoms with van der Waals surface area (Å²) >= 11 is 0. The van der Waals surface area contributed by atoms with E-state index in [9.17, 15) is 8.42 Å². The summed E-state index contributed by atoms with van der Waals surface area (Å²) in [5.74, 6) is 0.676. The summed E-state index contributed by atoms with van der Waals surface area (Å²) in [5.41, 5.74) is 1.72. The van der Waals surface area contributed by atoms with Crippen molar-refractivity contribution in [3.8, 4) is 5.75 Å². The van der Waals surface area contributed by atoms with Gasteiger partial charge in [-0.1, -0.05) is 0 Å². The lowest BCUT2D eigenvalue weighted by molar-refractivity contribution is 0.276. The fourth-order valence-corrected chi connectivity index (χ4v) is 4.99. The Labute approximate surface area is 158 Å². The van der Waals surface area contributed by atoms with E-state index in [1.807, 2.05) is 19.1 Å². The van der Waals surface area contributed by atoms with Crippen molar-refractivity contribution >= 4 is 21.2 Å². The van der Waals surface area contributed by atoms with E-state index >= 15 is 0 Å². The molecule has 1 aliphatic heterocycles. The first-order valence-corrected chi connectivity index (χ1v) is 10.5. The van der Waals surface area contributed by atoms with Gasteiger partial charge in [0, 0.05) is 25.3 Å². The first-order chi connectivity index (χ1) is 13.1. The third kappa shape index (κ3) is 3.42. The van der Waals surface area contributed by atoms with Crippen LogP contribution in [-0.4, -0.2) is 47.0 Å². The number of aromatic nitrogens is 3. The summed E-state index contributed by atoms with van der Waals surface area (Å²) in [6.45, 7) is 3.41. The van der Waals surface area contributed by atoms with Crippen LogP contribution in [0.25, 0.3) is 11.2 Å². The minimum atomic E-state index is -3.49. The molecule has 0 atom stereocenters. The summed E-state index contributed by atoms with van der Waals surface area (Å²) in [4.78, 5) is 9.11. The van der Waals surface area contributed by atoms with Crippen LogP contribution in [0.15, 0.2) is 53.8 Å². The third-order valence-corrected chi connectivity index (χ3v) is 6.83. The highest BCUT2D eigenvalue weighted by Crippen LogP contribution is 2.29. The molecule has 3 aromatic rings. The lowest BCUT2D eigenvalue weighted by Gasteiger charge is -2.31. The molecule has 1 fully saturated rings. The monoisotopic (exact) mass is 386 g/mol. The van der Waals surface area contributed by atoms with Gasteiger partial charge in [-0.25, -0.2) is 18.4 Å². The molecule has 0 N–H and O–H groups in total. The van der Waals surface area contributed by atoms with Crippen molar-refractivity contribution in [2.45, 2.75) is 30.7 Å². The number of benzene rings is 1. The lowest BCUT2D eigenvalue weighted by Crippen LogP contribution is -2.39. The van der Waals surface area contributed by atoms with Crippen molar-refractivity contribution in [3.63, 3.8) is 0 Å². The Kier molecular flexibility index (Phi) is 4.84. The highest BCUT2D eigenvalue weighted by molar-refractivity contribution is 7.89. The molecule has 2 aromatic heterocycles. The maximum atomic E-state index is 12.9. The molecule has 0 aliphatic carbocycles. The smallest absolute Gasteiger partial charge is 0.243 e. The standard InChI is InChI=1S/C19H22N4O3S/c1-2-26-16-5-7-17(8-6-16)27(24,25)22-12-9-15(10-13-22)23-14-21-18-4-3-11-20-19(18)23/h3-8,11,14-15H,2,9-10,12-13H2,1H3. The number of piperidine rings is 1. The van der Waals surface area contributed by atoms with Gasteiger partial charge in [0.1, 0.15) is 11.3 Å². The van der Waals surface area contributed by atoms with Crippen molar-refractivity contribution in [1.82, 2.24) is 18.8 Å². The van der Waals surface area contributed by atoms with Gasteiger partial charge in [-0.2, -0.15) is 4.31 Å². The van der Waals surface area contributed by atoms with Gasteiger partial charge >= 0.3 is 0 Å². The molecule has 142 valence electrons. The number of rotatable bonds is 5. The molecule has 8 heteroatoms. The van der Waals surface area contributed by atoms with Crippen LogP contribution in [0.3, 0.4) is 0 Å². The van der Waals surface area contributed by atoms with E-state index < -0.39 is 10.0 Å². The number of nitrogens with zero attached hydrogens (tertiary/aromatic N) is 4. The van der Waals surface area contributed by atoms with E-state index in [4.69, 9.17) is 4.74 Å². The van der Waals surface area contributed by atoms with Crippen molar-refractivity contribution < 1.29 is 13.2 Å². The zero-order chi connectivity index (χ0) is 18.9. The van der Waals surface area contributed by atoms with Gasteiger partial charge in [0.2, 0.25) is 10.0 Å². The summed E-state index contributed by atoms with van der Waals surface area (Å²) in [6.07, 6.45) is 5.03. The highest BCUT2D eigenvalue weighted by Gasteiger charge is 2.30. The zero-order valence-electron chi connectivity index (χ0n) is 15.2. The van der Waals surface area contributed by atoms with Crippen LogP contribution in [0.5, 0.6) is 5.75 Å². The number of hydrogen-bond acceptors (Lipinski definition) is 5. The average Bonchev–Trinajstić information content (AvgIpc) is 3.13. The Morgan fingerprint density at radius 2 is 1.85 bits per heavy atom. The predicted molar refractivity (Wildman–Crippen MR) is 102 cm³/mol. The molecule has 27 heavy (non-hydrogen) atoms. The Morgan fingerprint density at radius 1 is 1.11 bits per heavy atom. The minimum Gasteiger partial charge on any atom is -0.494 e. The third-order valence-electron chi connectivity index (χ3n) is 4.92. The van der Waals surface area contributed by atoms with Crippen molar-refractivity contribution in [2.75, 3.05) is 19.7 Å². The number of pyridine rings is 1. The van der Waals surface area contributed by atoms with Gasteiger partial charge < -0.3 is 9.30 Å². The van der Waals surface area contributed by atoms with Crippen molar-refractivity contribution in [1.29, 1.82) is 0 Å². The van der Waals surface area contributed by atoms with Crippen LogP contribution in [0.2, 0.25) is 0 Å². The first-order valence-electron chi connectivity index (χ1n) is 9.10. The summed E-state index contributed by atoms with van der Waals surface area (Å²) in [5, 5.41) is 0. The molecule has 0 radical (unpaired) electrons. The van der Waals surface area contributed by atoms with Gasteiger partial charge in [0.05, 0.1) is 17.8 Å². The molecule has 0 unspecified atom stereocenters. The predicted octanol–water partition coefficient (Wildman–Crippen LogP) is 2.86. The zero-order valence-corrected chi connectivity index (χ0v) is 16.0. The number of imidazole rings is 1. The Bertz CT molecular complexity index is 1020. The Hall–Kier alpha value is -2.45. The number of sulfonamides is 1. The lowest BCUT2D eigenvalue weighted by atomic mass is 10.1. The molecule has 4 rings (SSSR count). The molecule has 1 aromatic carbocycles. The second-order valence-electron chi connectivity index (χ2n) is 6.54. The molecule has 0 saturated carbocycles. The fourth-order valence-electron chi connectivity index (χ4n) is 3.52. The van der Waals surface area contributed by atoms with E-state index in [-0.39, 0.29) is 6.04 Å².